The van der Waals surface area contributed by atoms with Crippen molar-refractivity contribution in [2.75, 3.05) is 13.7 Å². The first-order chi connectivity index (χ1) is 17.4. The lowest BCUT2D eigenvalue weighted by molar-refractivity contribution is -0.158. The van der Waals surface area contributed by atoms with Gasteiger partial charge >= 0.3 is 0 Å². The van der Waals surface area contributed by atoms with E-state index in [-0.39, 0.29) is 43.0 Å². The van der Waals surface area contributed by atoms with Crippen LogP contribution in [0.5, 0.6) is 5.75 Å². The Hall–Kier alpha value is -2.09. The van der Waals surface area contributed by atoms with Gasteiger partial charge in [-0.15, -0.1) is 0 Å². The molecule has 0 aliphatic heterocycles. The Balaban J connectivity index is 1.57. The summed E-state index contributed by atoms with van der Waals surface area (Å²) in [5.74, 6) is 1.73. The number of hydrogen-bond donors (Lipinski definition) is 4. The highest BCUT2D eigenvalue weighted by Gasteiger charge is 2.41. The quantitative estimate of drug-likeness (QED) is 0.208. The molecule has 0 saturated heterocycles. The highest BCUT2D eigenvalue weighted by molar-refractivity contribution is 5.76. The second-order valence-corrected chi connectivity index (χ2v) is 10.4. The Labute approximate surface area is 215 Å². The van der Waals surface area contributed by atoms with Crippen molar-refractivity contribution in [2.45, 2.75) is 96.6 Å². The molecule has 2 unspecified atom stereocenters. The molecule has 0 bridgehead atoms. The number of carbonyl (C=O) groups excluding carboxylic acids is 1. The van der Waals surface area contributed by atoms with Crippen LogP contribution >= 0.6 is 0 Å². The number of aliphatic hydroxyl groups excluding tert-OH is 3. The summed E-state index contributed by atoms with van der Waals surface area (Å²) < 4.78 is 11.6. The van der Waals surface area contributed by atoms with Crippen LogP contribution in [0.25, 0.3) is 0 Å². The number of nitrogens with one attached hydrogen (secondary N) is 1. The summed E-state index contributed by atoms with van der Waals surface area (Å²) in [7, 11) is 1.58. The van der Waals surface area contributed by atoms with Crippen molar-refractivity contribution in [1.82, 2.24) is 5.32 Å². The van der Waals surface area contributed by atoms with Crippen LogP contribution in [-0.2, 0) is 22.4 Å². The minimum Gasteiger partial charge on any atom is -0.512 e. The average Bonchev–Trinajstić information content (AvgIpc) is 3.18. The third-order valence-corrected chi connectivity index (χ3v) is 7.79. The first kappa shape index (κ1) is 28.5. The van der Waals surface area contributed by atoms with Crippen molar-refractivity contribution in [3.05, 3.63) is 41.2 Å². The topological polar surface area (TPSA) is 108 Å². The molecule has 0 saturated carbocycles. The Bertz CT molecular complexity index is 871. The molecule has 3 rings (SSSR count). The lowest BCUT2D eigenvalue weighted by atomic mass is 9.72. The van der Waals surface area contributed by atoms with Gasteiger partial charge in [-0.25, -0.2) is 0 Å². The molecule has 4 N–H and O–H groups in total. The third-order valence-electron chi connectivity index (χ3n) is 7.79. The van der Waals surface area contributed by atoms with Gasteiger partial charge in [-0.1, -0.05) is 45.2 Å². The van der Waals surface area contributed by atoms with E-state index in [1.54, 1.807) is 7.05 Å². The molecule has 0 fully saturated rings. The number of unbranched alkanes of at least 4 members (excludes halogenated alkanes) is 2. The normalized spacial score (nSPS) is 23.2. The predicted octanol–water partition coefficient (Wildman–Crippen LogP) is 4.44. The van der Waals surface area contributed by atoms with Gasteiger partial charge in [0.05, 0.1) is 24.4 Å². The van der Waals surface area contributed by atoms with Crippen LogP contribution < -0.4 is 10.1 Å². The molecule has 2 aliphatic rings. The molecule has 7 heteroatoms. The third kappa shape index (κ3) is 7.70. The smallest absolute Gasteiger partial charge is 0.222 e. The molecule has 0 heterocycles. The predicted molar refractivity (Wildman–Crippen MR) is 140 cm³/mol. The van der Waals surface area contributed by atoms with Crippen molar-refractivity contribution in [1.29, 1.82) is 0 Å². The van der Waals surface area contributed by atoms with Gasteiger partial charge in [0, 0.05) is 13.0 Å². The van der Waals surface area contributed by atoms with Gasteiger partial charge in [0.1, 0.15) is 12.4 Å². The van der Waals surface area contributed by atoms with Gasteiger partial charge in [0.15, 0.2) is 6.29 Å². The summed E-state index contributed by atoms with van der Waals surface area (Å²) >= 11 is 0. The summed E-state index contributed by atoms with van der Waals surface area (Å²) in [5.41, 5.74) is 2.33. The maximum absolute atomic E-state index is 11.6. The zero-order valence-corrected chi connectivity index (χ0v) is 22.1. The molecule has 1 aromatic rings. The van der Waals surface area contributed by atoms with Crippen molar-refractivity contribution in [2.24, 2.45) is 17.8 Å². The second kappa shape index (κ2) is 14.0. The van der Waals surface area contributed by atoms with E-state index in [1.165, 1.54) is 5.56 Å². The van der Waals surface area contributed by atoms with Crippen LogP contribution in [0.15, 0.2) is 30.0 Å². The lowest BCUT2D eigenvalue weighted by Gasteiger charge is -2.33. The van der Waals surface area contributed by atoms with Gasteiger partial charge in [0.2, 0.25) is 5.91 Å². The van der Waals surface area contributed by atoms with E-state index in [9.17, 15) is 20.1 Å². The fourth-order valence-corrected chi connectivity index (χ4v) is 5.68. The molecular formula is C29H45NO6. The van der Waals surface area contributed by atoms with Crippen molar-refractivity contribution >= 4 is 5.91 Å². The first-order valence-electron chi connectivity index (χ1n) is 13.7. The zero-order chi connectivity index (χ0) is 26.1. The average molecular weight is 504 g/mol. The maximum atomic E-state index is 11.6. The largest absolute Gasteiger partial charge is 0.512 e. The van der Waals surface area contributed by atoms with Crippen LogP contribution in [0.4, 0.5) is 0 Å². The minimum absolute atomic E-state index is 0.0194. The standard InChI is InChI=1S/C29H45NO6/c1-4-6-7-10-21(31)12-13-23-24-14-19-9-8-11-27(25(19)15-20(24)16-26(23)32)35-18-29(34)36-22(5-2)17-28(33)30-3/h8-9,11,16,20-24,29,31-32,34H,4-7,10,12-15,17-18H2,1-3H3,(H,30,33)/t20-,21-,22?,23-,24-,29?/m0/s1. The lowest BCUT2D eigenvalue weighted by Crippen LogP contribution is -2.32. The summed E-state index contributed by atoms with van der Waals surface area (Å²) in [6, 6.07) is 6.00. The number of rotatable bonds is 15. The molecule has 36 heavy (non-hydrogen) atoms. The SMILES string of the molecule is CCCCC[C@H](O)CC[C@@H]1C(O)=C[C@@H]2Cc3c(cccc3OCC(O)OC(CC)CC(=O)NC)C[C@@H]21. The maximum Gasteiger partial charge on any atom is 0.222 e. The van der Waals surface area contributed by atoms with Gasteiger partial charge < -0.3 is 30.1 Å². The minimum atomic E-state index is -1.13. The molecule has 7 nitrogen and oxygen atoms in total. The van der Waals surface area contributed by atoms with Gasteiger partial charge in [-0.2, -0.15) is 0 Å². The van der Waals surface area contributed by atoms with E-state index in [1.807, 2.05) is 25.1 Å². The van der Waals surface area contributed by atoms with Crippen LogP contribution in [0, 0.1) is 17.8 Å². The molecule has 202 valence electrons. The Morgan fingerprint density at radius 1 is 1.17 bits per heavy atom. The molecule has 0 spiro atoms. The molecule has 2 aliphatic carbocycles. The summed E-state index contributed by atoms with van der Waals surface area (Å²) in [4.78, 5) is 11.6. The van der Waals surface area contributed by atoms with E-state index < -0.39 is 6.29 Å². The molecule has 1 aromatic carbocycles. The molecule has 0 radical (unpaired) electrons. The molecule has 6 atom stereocenters. The molecule has 1 amide bonds. The number of allylic oxidation sites excluding steroid dienone is 2. The van der Waals surface area contributed by atoms with Crippen molar-refractivity contribution in [3.8, 4) is 5.75 Å². The molecular weight excluding hydrogens is 458 g/mol. The Morgan fingerprint density at radius 3 is 2.69 bits per heavy atom. The van der Waals surface area contributed by atoms with Gasteiger partial charge in [0.25, 0.3) is 0 Å². The van der Waals surface area contributed by atoms with Gasteiger partial charge in [-0.3, -0.25) is 4.79 Å². The van der Waals surface area contributed by atoms with Gasteiger partial charge in [-0.05, 0) is 73.6 Å². The highest BCUT2D eigenvalue weighted by atomic mass is 16.6. The second-order valence-electron chi connectivity index (χ2n) is 10.4. The highest BCUT2D eigenvalue weighted by Crippen LogP contribution is 2.47. The van der Waals surface area contributed by atoms with Crippen LogP contribution in [-0.4, -0.2) is 53.4 Å². The summed E-state index contributed by atoms with van der Waals surface area (Å²) in [5, 5.41) is 34.0. The van der Waals surface area contributed by atoms with Crippen molar-refractivity contribution in [3.63, 3.8) is 0 Å². The fourth-order valence-electron chi connectivity index (χ4n) is 5.68. The number of fused-ring (bicyclic) bond motifs is 2. The van der Waals surface area contributed by atoms with E-state index >= 15 is 0 Å². The summed E-state index contributed by atoms with van der Waals surface area (Å²) in [6.07, 6.45) is 8.37. The zero-order valence-electron chi connectivity index (χ0n) is 22.1. The van der Waals surface area contributed by atoms with Crippen LogP contribution in [0.2, 0.25) is 0 Å². The molecule has 0 aromatic heterocycles. The Kier molecular flexibility index (Phi) is 11.1. The van der Waals surface area contributed by atoms with Crippen LogP contribution in [0.1, 0.15) is 76.3 Å². The monoisotopic (exact) mass is 503 g/mol. The van der Waals surface area contributed by atoms with E-state index in [4.69, 9.17) is 9.47 Å². The number of amides is 1. The fraction of sp³-hybridized carbons (Fsp3) is 0.690. The van der Waals surface area contributed by atoms with E-state index in [0.717, 1.165) is 62.7 Å². The Morgan fingerprint density at radius 2 is 1.97 bits per heavy atom. The number of ether oxygens (including phenoxy) is 2. The van der Waals surface area contributed by atoms with Crippen LogP contribution in [0.3, 0.4) is 0 Å². The van der Waals surface area contributed by atoms with E-state index in [2.05, 4.69) is 18.3 Å². The summed E-state index contributed by atoms with van der Waals surface area (Å²) in [6.45, 7) is 4.06. The number of aliphatic hydroxyl groups is 3. The van der Waals surface area contributed by atoms with E-state index in [0.29, 0.717) is 18.1 Å². The number of benzene rings is 1. The number of hydrogen-bond acceptors (Lipinski definition) is 6. The van der Waals surface area contributed by atoms with Crippen molar-refractivity contribution < 1.29 is 29.6 Å². The first-order valence-corrected chi connectivity index (χ1v) is 13.7. The number of carbonyl (C=O) groups is 1.